The number of hydrogen-bond donors (Lipinski definition) is 1. The maximum atomic E-state index is 11.4. The molecule has 120 valence electrons. The molecular weight excluding hydrogens is 316 g/mol. The van der Waals surface area contributed by atoms with E-state index >= 15 is 0 Å². The van der Waals surface area contributed by atoms with Crippen LogP contribution in [0.4, 0.5) is 0 Å². The summed E-state index contributed by atoms with van der Waals surface area (Å²) in [5.41, 5.74) is 2.52. The van der Waals surface area contributed by atoms with Gasteiger partial charge in [-0.2, -0.15) is 0 Å². The van der Waals surface area contributed by atoms with Gasteiger partial charge in [0.25, 0.3) is 0 Å². The van der Waals surface area contributed by atoms with Crippen molar-refractivity contribution in [1.82, 2.24) is 19.7 Å². The molecule has 1 N–H and O–H groups in total. The predicted molar refractivity (Wildman–Crippen MR) is 86.0 cm³/mol. The minimum Gasteiger partial charge on any atom is -0.464 e. The lowest BCUT2D eigenvalue weighted by molar-refractivity contribution is 0.568. The standard InChI is InChI=1S/C15H16N4O3S/c1-16-23(20,21)9-7-19-11-14(17-18-19)12-4-2-5-13(10-12)15-6-3-8-22-15/h2-6,8,10-11,16H,7,9H2,1H3. The molecule has 0 saturated carbocycles. The van der Waals surface area contributed by atoms with Gasteiger partial charge in [0.1, 0.15) is 11.5 Å². The molecule has 0 bridgehead atoms. The Balaban J connectivity index is 1.79. The fourth-order valence-corrected chi connectivity index (χ4v) is 2.76. The lowest BCUT2D eigenvalue weighted by atomic mass is 10.1. The Kier molecular flexibility index (Phi) is 4.26. The zero-order valence-corrected chi connectivity index (χ0v) is 13.3. The summed E-state index contributed by atoms with van der Waals surface area (Å²) < 4.78 is 32.1. The van der Waals surface area contributed by atoms with Gasteiger partial charge in [0.2, 0.25) is 10.0 Å². The van der Waals surface area contributed by atoms with Crippen LogP contribution in [0.5, 0.6) is 0 Å². The van der Waals surface area contributed by atoms with Crippen LogP contribution < -0.4 is 4.72 Å². The Bertz CT molecular complexity index is 885. The maximum Gasteiger partial charge on any atom is 0.213 e. The van der Waals surface area contributed by atoms with Gasteiger partial charge in [-0.05, 0) is 25.2 Å². The summed E-state index contributed by atoms with van der Waals surface area (Å²) in [6.45, 7) is 0.244. The molecule has 0 amide bonds. The molecule has 0 atom stereocenters. The first-order valence-electron chi connectivity index (χ1n) is 7.03. The van der Waals surface area contributed by atoms with Crippen molar-refractivity contribution in [2.24, 2.45) is 0 Å². The van der Waals surface area contributed by atoms with Crippen LogP contribution in [0.3, 0.4) is 0 Å². The molecule has 1 aromatic carbocycles. The van der Waals surface area contributed by atoms with Gasteiger partial charge >= 0.3 is 0 Å². The zero-order valence-electron chi connectivity index (χ0n) is 12.5. The highest BCUT2D eigenvalue weighted by molar-refractivity contribution is 7.89. The Hall–Kier alpha value is -2.45. The highest BCUT2D eigenvalue weighted by Crippen LogP contribution is 2.25. The minimum absolute atomic E-state index is 0.0429. The zero-order chi connectivity index (χ0) is 16.3. The first-order chi connectivity index (χ1) is 11.1. The van der Waals surface area contributed by atoms with Crippen molar-refractivity contribution in [2.45, 2.75) is 6.54 Å². The van der Waals surface area contributed by atoms with E-state index in [1.807, 2.05) is 36.4 Å². The number of sulfonamides is 1. The van der Waals surface area contributed by atoms with Crippen LogP contribution in [0.1, 0.15) is 0 Å². The third-order valence-corrected chi connectivity index (χ3v) is 4.74. The smallest absolute Gasteiger partial charge is 0.213 e. The average molecular weight is 332 g/mol. The summed E-state index contributed by atoms with van der Waals surface area (Å²) in [6, 6.07) is 11.5. The highest BCUT2D eigenvalue weighted by Gasteiger charge is 2.10. The maximum absolute atomic E-state index is 11.4. The molecule has 2 heterocycles. The van der Waals surface area contributed by atoms with Gasteiger partial charge in [0.15, 0.2) is 0 Å². The van der Waals surface area contributed by atoms with Gasteiger partial charge < -0.3 is 4.42 Å². The summed E-state index contributed by atoms with van der Waals surface area (Å²) >= 11 is 0. The lowest BCUT2D eigenvalue weighted by Crippen LogP contribution is -2.24. The van der Waals surface area contributed by atoms with Gasteiger partial charge in [-0.15, -0.1) is 5.10 Å². The fourth-order valence-electron chi connectivity index (χ4n) is 2.13. The number of rotatable bonds is 6. The van der Waals surface area contributed by atoms with E-state index in [0.717, 1.165) is 16.9 Å². The van der Waals surface area contributed by atoms with Crippen LogP contribution in [-0.2, 0) is 16.6 Å². The molecule has 0 unspecified atom stereocenters. The fraction of sp³-hybridized carbons (Fsp3) is 0.200. The molecule has 2 aromatic heterocycles. The van der Waals surface area contributed by atoms with Crippen molar-refractivity contribution < 1.29 is 12.8 Å². The van der Waals surface area contributed by atoms with Gasteiger partial charge in [-0.1, -0.05) is 23.4 Å². The Morgan fingerprint density at radius 1 is 1.22 bits per heavy atom. The second-order valence-corrected chi connectivity index (χ2v) is 6.99. The first-order valence-corrected chi connectivity index (χ1v) is 8.68. The van der Waals surface area contributed by atoms with Crippen molar-refractivity contribution in [3.05, 3.63) is 48.9 Å². The van der Waals surface area contributed by atoms with E-state index in [1.165, 1.54) is 11.7 Å². The second-order valence-electron chi connectivity index (χ2n) is 4.95. The Morgan fingerprint density at radius 2 is 2.04 bits per heavy atom. The van der Waals surface area contributed by atoms with Gasteiger partial charge in [0, 0.05) is 11.1 Å². The van der Waals surface area contributed by atoms with Gasteiger partial charge in [-0.3, -0.25) is 4.68 Å². The Morgan fingerprint density at radius 3 is 2.78 bits per heavy atom. The van der Waals surface area contributed by atoms with Gasteiger partial charge in [-0.25, -0.2) is 13.1 Å². The molecule has 3 rings (SSSR count). The number of nitrogens with one attached hydrogen (secondary N) is 1. The van der Waals surface area contributed by atoms with E-state index in [2.05, 4.69) is 15.0 Å². The number of benzene rings is 1. The second kappa shape index (κ2) is 6.35. The summed E-state index contributed by atoms with van der Waals surface area (Å²) in [4.78, 5) is 0. The third-order valence-electron chi connectivity index (χ3n) is 3.40. The normalized spacial score (nSPS) is 11.7. The highest BCUT2D eigenvalue weighted by atomic mass is 32.2. The topological polar surface area (TPSA) is 90.0 Å². The number of hydrogen-bond acceptors (Lipinski definition) is 5. The molecule has 0 spiro atoms. The van der Waals surface area contributed by atoms with Crippen molar-refractivity contribution in [3.63, 3.8) is 0 Å². The molecule has 7 nitrogen and oxygen atoms in total. The van der Waals surface area contributed by atoms with Gasteiger partial charge in [0.05, 0.1) is 24.8 Å². The minimum atomic E-state index is -3.26. The van der Waals surface area contributed by atoms with Crippen LogP contribution in [-0.4, -0.2) is 36.2 Å². The SMILES string of the molecule is CNS(=O)(=O)CCn1cc(-c2cccc(-c3ccco3)c2)nn1. The summed E-state index contributed by atoms with van der Waals surface area (Å²) in [7, 11) is -1.87. The van der Waals surface area contributed by atoms with Crippen molar-refractivity contribution >= 4 is 10.0 Å². The average Bonchev–Trinajstić information content (AvgIpc) is 3.25. The van der Waals surface area contributed by atoms with E-state index < -0.39 is 10.0 Å². The van der Waals surface area contributed by atoms with E-state index in [9.17, 15) is 8.42 Å². The van der Waals surface area contributed by atoms with E-state index in [0.29, 0.717) is 5.69 Å². The Labute approximate surface area is 134 Å². The van der Waals surface area contributed by atoms with Crippen LogP contribution in [0, 0.1) is 0 Å². The molecule has 0 aliphatic rings. The van der Waals surface area contributed by atoms with Crippen LogP contribution in [0.15, 0.2) is 53.3 Å². The van der Waals surface area contributed by atoms with E-state index in [4.69, 9.17) is 4.42 Å². The molecule has 0 radical (unpaired) electrons. The monoisotopic (exact) mass is 332 g/mol. The predicted octanol–water partition coefficient (Wildman–Crippen LogP) is 1.75. The summed E-state index contributed by atoms with van der Waals surface area (Å²) in [5, 5.41) is 8.08. The third kappa shape index (κ3) is 3.66. The summed E-state index contributed by atoms with van der Waals surface area (Å²) in [6.07, 6.45) is 3.35. The number of aromatic nitrogens is 3. The van der Waals surface area contributed by atoms with E-state index in [-0.39, 0.29) is 12.3 Å². The number of aryl methyl sites for hydroxylation is 1. The quantitative estimate of drug-likeness (QED) is 0.743. The van der Waals surface area contributed by atoms with Crippen molar-refractivity contribution in [2.75, 3.05) is 12.8 Å². The number of nitrogens with zero attached hydrogens (tertiary/aromatic N) is 3. The number of furan rings is 1. The molecule has 3 aromatic rings. The van der Waals surface area contributed by atoms with E-state index in [1.54, 1.807) is 12.5 Å². The van der Waals surface area contributed by atoms with Crippen LogP contribution >= 0.6 is 0 Å². The summed E-state index contributed by atoms with van der Waals surface area (Å²) in [5.74, 6) is 0.734. The molecule has 0 saturated heterocycles. The molecular formula is C15H16N4O3S. The largest absolute Gasteiger partial charge is 0.464 e. The van der Waals surface area contributed by atoms with Crippen LogP contribution in [0.2, 0.25) is 0 Å². The van der Waals surface area contributed by atoms with Crippen LogP contribution in [0.25, 0.3) is 22.6 Å². The molecule has 0 fully saturated rings. The first kappa shape index (κ1) is 15.4. The molecule has 8 heteroatoms. The molecule has 0 aliphatic carbocycles. The van der Waals surface area contributed by atoms with Crippen molar-refractivity contribution in [3.8, 4) is 22.6 Å². The lowest BCUT2D eigenvalue weighted by Gasteiger charge is -2.01. The molecule has 0 aliphatic heterocycles. The van der Waals surface area contributed by atoms with Crippen molar-refractivity contribution in [1.29, 1.82) is 0 Å². The molecule has 23 heavy (non-hydrogen) atoms.